The number of methoxy groups -OCH3 is 1. The van der Waals surface area contributed by atoms with Crippen molar-refractivity contribution >= 4 is 57.7 Å². The molecule has 10 heteroatoms. The van der Waals surface area contributed by atoms with Crippen LogP contribution in [-0.4, -0.2) is 35.1 Å². The molecule has 3 N–H and O–H groups in total. The smallest absolute Gasteiger partial charge is 0.272 e. The summed E-state index contributed by atoms with van der Waals surface area (Å²) in [7, 11) is 1.62. The number of nitrogens with one attached hydrogen (secondary N) is 3. The van der Waals surface area contributed by atoms with Crippen molar-refractivity contribution in [3.05, 3.63) is 156 Å². The fourth-order valence-electron chi connectivity index (χ4n) is 5.05. The standard InChI is InChI=1S/C41H34N4O4S2/c1-27(38(46)45-41-44-37(26-50-41)31-20-22-34(49-2)23-21-31)51-35-15-9-14-33(25-35)42-40(48)36(43-39(47)32-12-7-4-8-13-32)24-28-16-18-30(19-17-28)29-10-5-3-6-11-29/h3-27H,1-2H3,(H,42,48)(H,43,47)(H,44,45,46)/b36-24+. The minimum Gasteiger partial charge on any atom is -0.497 e. The second-order valence-electron chi connectivity index (χ2n) is 11.4. The number of nitrogens with zero attached hydrogens (tertiary/aromatic N) is 1. The highest BCUT2D eigenvalue weighted by Crippen LogP contribution is 2.30. The van der Waals surface area contributed by atoms with Crippen LogP contribution in [0.25, 0.3) is 28.5 Å². The van der Waals surface area contributed by atoms with Gasteiger partial charge in [0.05, 0.1) is 18.1 Å². The first-order valence-electron chi connectivity index (χ1n) is 16.1. The molecule has 0 fully saturated rings. The first-order valence-corrected chi connectivity index (χ1v) is 17.8. The van der Waals surface area contributed by atoms with Gasteiger partial charge >= 0.3 is 0 Å². The van der Waals surface area contributed by atoms with Crippen LogP contribution in [0.4, 0.5) is 10.8 Å². The van der Waals surface area contributed by atoms with Crippen LogP contribution in [0.5, 0.6) is 5.75 Å². The van der Waals surface area contributed by atoms with Crippen LogP contribution in [0.2, 0.25) is 0 Å². The van der Waals surface area contributed by atoms with Gasteiger partial charge < -0.3 is 20.7 Å². The number of hydrogen-bond acceptors (Lipinski definition) is 7. The van der Waals surface area contributed by atoms with Gasteiger partial charge in [-0.3, -0.25) is 14.4 Å². The lowest BCUT2D eigenvalue weighted by Gasteiger charge is -2.14. The van der Waals surface area contributed by atoms with Gasteiger partial charge in [-0.2, -0.15) is 0 Å². The van der Waals surface area contributed by atoms with E-state index in [1.54, 1.807) is 55.7 Å². The average molecular weight is 711 g/mol. The van der Waals surface area contributed by atoms with Crippen molar-refractivity contribution in [2.75, 3.05) is 17.7 Å². The van der Waals surface area contributed by atoms with E-state index >= 15 is 0 Å². The van der Waals surface area contributed by atoms with Crippen LogP contribution in [0.1, 0.15) is 22.8 Å². The van der Waals surface area contributed by atoms with Gasteiger partial charge in [0.1, 0.15) is 11.4 Å². The van der Waals surface area contributed by atoms with E-state index in [4.69, 9.17) is 4.74 Å². The lowest BCUT2D eigenvalue weighted by atomic mass is 10.0. The van der Waals surface area contributed by atoms with Gasteiger partial charge in [-0.25, -0.2) is 4.98 Å². The van der Waals surface area contributed by atoms with E-state index in [2.05, 4.69) is 20.9 Å². The lowest BCUT2D eigenvalue weighted by Crippen LogP contribution is -2.30. The second kappa shape index (κ2) is 16.6. The molecule has 6 aromatic rings. The van der Waals surface area contributed by atoms with Gasteiger partial charge in [-0.15, -0.1) is 23.1 Å². The zero-order valence-electron chi connectivity index (χ0n) is 27.8. The Bertz CT molecular complexity index is 2150. The number of thiazole rings is 1. The topological polar surface area (TPSA) is 109 Å². The summed E-state index contributed by atoms with van der Waals surface area (Å²) in [5.41, 5.74) is 5.57. The second-order valence-corrected chi connectivity index (χ2v) is 13.6. The molecule has 0 saturated carbocycles. The van der Waals surface area contributed by atoms with Crippen molar-refractivity contribution in [2.45, 2.75) is 17.1 Å². The number of thioether (sulfide) groups is 1. The Hall–Kier alpha value is -5.97. The molecule has 254 valence electrons. The fourth-order valence-corrected chi connectivity index (χ4v) is 6.70. The number of carbonyl (C=O) groups is 3. The highest BCUT2D eigenvalue weighted by Gasteiger charge is 2.19. The Morgan fingerprint density at radius 1 is 0.765 bits per heavy atom. The number of benzene rings is 5. The Morgan fingerprint density at radius 2 is 1.43 bits per heavy atom. The maximum absolute atomic E-state index is 13.7. The zero-order valence-corrected chi connectivity index (χ0v) is 29.5. The molecule has 8 nitrogen and oxygen atoms in total. The van der Waals surface area contributed by atoms with Crippen molar-refractivity contribution in [3.63, 3.8) is 0 Å². The number of ether oxygens (including phenoxy) is 1. The predicted octanol–water partition coefficient (Wildman–Crippen LogP) is 9.01. The third-order valence-electron chi connectivity index (χ3n) is 7.75. The van der Waals surface area contributed by atoms with E-state index in [-0.39, 0.29) is 11.6 Å². The zero-order chi connectivity index (χ0) is 35.6. The van der Waals surface area contributed by atoms with Crippen LogP contribution < -0.4 is 20.7 Å². The Kier molecular flexibility index (Phi) is 11.4. The Morgan fingerprint density at radius 3 is 2.14 bits per heavy atom. The van der Waals surface area contributed by atoms with E-state index in [0.29, 0.717) is 16.4 Å². The van der Waals surface area contributed by atoms with Gasteiger partial charge in [0.25, 0.3) is 11.8 Å². The van der Waals surface area contributed by atoms with E-state index in [0.717, 1.165) is 38.6 Å². The number of carbonyl (C=O) groups excluding carboxylic acids is 3. The molecule has 1 unspecified atom stereocenters. The van der Waals surface area contributed by atoms with Crippen LogP contribution >= 0.6 is 23.1 Å². The molecule has 0 radical (unpaired) electrons. The predicted molar refractivity (Wildman–Crippen MR) is 207 cm³/mol. The normalized spacial score (nSPS) is 11.7. The van der Waals surface area contributed by atoms with Crippen molar-refractivity contribution in [1.29, 1.82) is 0 Å². The molecule has 0 aliphatic heterocycles. The minimum absolute atomic E-state index is 0.0829. The molecule has 0 spiro atoms. The van der Waals surface area contributed by atoms with Crippen molar-refractivity contribution in [1.82, 2.24) is 10.3 Å². The summed E-state index contributed by atoms with van der Waals surface area (Å²) in [6, 6.07) is 41.3. The molecule has 1 aromatic heterocycles. The van der Waals surface area contributed by atoms with Crippen LogP contribution in [0.15, 0.2) is 149 Å². The Balaban J connectivity index is 1.13. The summed E-state index contributed by atoms with van der Waals surface area (Å²) in [4.78, 5) is 45.2. The Labute approximate surface area is 304 Å². The van der Waals surface area contributed by atoms with Gasteiger partial charge in [0, 0.05) is 27.1 Å². The molecular formula is C41H34N4O4S2. The van der Waals surface area contributed by atoms with E-state index in [1.165, 1.54) is 23.1 Å². The molecule has 6 rings (SSSR count). The van der Waals surface area contributed by atoms with E-state index < -0.39 is 17.1 Å². The molecule has 0 aliphatic rings. The van der Waals surface area contributed by atoms with Crippen LogP contribution in [0, 0.1) is 0 Å². The SMILES string of the molecule is COc1ccc(-c2csc(NC(=O)C(C)Sc3cccc(NC(=O)/C(=C\c4ccc(-c5ccccc5)cc4)NC(=O)c4ccccc4)c3)n2)cc1. The highest BCUT2D eigenvalue weighted by molar-refractivity contribution is 8.00. The number of hydrogen-bond donors (Lipinski definition) is 3. The van der Waals surface area contributed by atoms with Crippen LogP contribution in [0.3, 0.4) is 0 Å². The highest BCUT2D eigenvalue weighted by atomic mass is 32.2. The van der Waals surface area contributed by atoms with Crippen molar-refractivity contribution < 1.29 is 19.1 Å². The summed E-state index contributed by atoms with van der Waals surface area (Å²) in [6.07, 6.45) is 1.65. The molecule has 3 amide bonds. The number of anilines is 2. The first-order chi connectivity index (χ1) is 24.8. The van der Waals surface area contributed by atoms with Gasteiger partial charge in [-0.1, -0.05) is 78.9 Å². The number of aromatic nitrogens is 1. The number of rotatable bonds is 12. The molecule has 1 heterocycles. The van der Waals surface area contributed by atoms with Crippen LogP contribution in [-0.2, 0) is 9.59 Å². The summed E-state index contributed by atoms with van der Waals surface area (Å²) < 4.78 is 5.23. The maximum atomic E-state index is 13.7. The summed E-state index contributed by atoms with van der Waals surface area (Å²) in [6.45, 7) is 1.81. The van der Waals surface area contributed by atoms with Crippen molar-refractivity contribution in [2.24, 2.45) is 0 Å². The summed E-state index contributed by atoms with van der Waals surface area (Å²) >= 11 is 2.71. The van der Waals surface area contributed by atoms with E-state index in [9.17, 15) is 14.4 Å². The third-order valence-corrected chi connectivity index (χ3v) is 9.60. The molecule has 1 atom stereocenters. The monoisotopic (exact) mass is 710 g/mol. The summed E-state index contributed by atoms with van der Waals surface area (Å²) in [5.74, 6) is -0.333. The molecule has 0 saturated heterocycles. The van der Waals surface area contributed by atoms with Gasteiger partial charge in [0.2, 0.25) is 5.91 Å². The van der Waals surface area contributed by atoms with Gasteiger partial charge in [-0.05, 0) is 84.3 Å². The largest absolute Gasteiger partial charge is 0.497 e. The maximum Gasteiger partial charge on any atom is 0.272 e. The first kappa shape index (κ1) is 34.9. The molecule has 0 aliphatic carbocycles. The van der Waals surface area contributed by atoms with Crippen molar-refractivity contribution in [3.8, 4) is 28.1 Å². The molecule has 51 heavy (non-hydrogen) atoms. The minimum atomic E-state index is -0.490. The summed E-state index contributed by atoms with van der Waals surface area (Å²) in [5, 5.41) is 10.6. The molecule has 5 aromatic carbocycles. The van der Waals surface area contributed by atoms with Gasteiger partial charge in [0.15, 0.2) is 5.13 Å². The lowest BCUT2D eigenvalue weighted by molar-refractivity contribution is -0.115. The number of amides is 3. The third kappa shape index (κ3) is 9.39. The molecule has 0 bridgehead atoms. The van der Waals surface area contributed by atoms with E-state index in [1.807, 2.05) is 103 Å². The quantitative estimate of drug-likeness (QED) is 0.0864. The molecular weight excluding hydrogens is 677 g/mol. The fraction of sp³-hybridized carbons (Fsp3) is 0.0732. The average Bonchev–Trinajstić information content (AvgIpc) is 3.64.